The van der Waals surface area contributed by atoms with Crippen LogP contribution in [0.25, 0.3) is 5.69 Å². The van der Waals surface area contributed by atoms with E-state index in [9.17, 15) is 18.0 Å². The normalized spacial score (nSPS) is 14.0. The van der Waals surface area contributed by atoms with Crippen LogP contribution in [0.5, 0.6) is 0 Å². The Balaban J connectivity index is 1.54. The molecule has 30 heavy (non-hydrogen) atoms. The molecule has 0 unspecified atom stereocenters. The summed E-state index contributed by atoms with van der Waals surface area (Å²) in [5.41, 5.74) is 2.99. The number of hydrogen-bond donors (Lipinski definition) is 1. The maximum Gasteiger partial charge on any atom is 0.416 e. The zero-order chi connectivity index (χ0) is 21.3. The zero-order valence-corrected chi connectivity index (χ0v) is 16.5. The summed E-state index contributed by atoms with van der Waals surface area (Å²) in [4.78, 5) is 12.8. The van der Waals surface area contributed by atoms with Gasteiger partial charge < -0.3 is 5.32 Å². The lowest BCUT2D eigenvalue weighted by atomic mass is 10.1. The summed E-state index contributed by atoms with van der Waals surface area (Å²) in [7, 11) is 0. The molecule has 7 heteroatoms. The van der Waals surface area contributed by atoms with Crippen LogP contribution in [0, 0.1) is 6.92 Å². The van der Waals surface area contributed by atoms with Crippen molar-refractivity contribution >= 4 is 5.91 Å². The minimum absolute atomic E-state index is 0.138. The molecule has 3 aromatic rings. The number of alkyl halides is 3. The van der Waals surface area contributed by atoms with Gasteiger partial charge in [0.25, 0.3) is 5.91 Å². The first-order valence-corrected chi connectivity index (χ1v) is 9.92. The molecule has 0 bridgehead atoms. The Kier molecular flexibility index (Phi) is 5.37. The molecule has 1 aromatic heterocycles. The van der Waals surface area contributed by atoms with E-state index in [-0.39, 0.29) is 11.8 Å². The van der Waals surface area contributed by atoms with E-state index in [0.29, 0.717) is 29.9 Å². The monoisotopic (exact) mass is 413 g/mol. The van der Waals surface area contributed by atoms with Crippen LogP contribution in [-0.4, -0.2) is 22.2 Å². The van der Waals surface area contributed by atoms with Gasteiger partial charge in [-0.05, 0) is 49.9 Å². The summed E-state index contributed by atoms with van der Waals surface area (Å²) in [6.07, 6.45) is -0.481. The number of aryl methyl sites for hydroxylation is 1. The average Bonchev–Trinajstić information content (AvgIpc) is 3.45. The van der Waals surface area contributed by atoms with Crippen molar-refractivity contribution in [2.75, 3.05) is 6.54 Å². The highest BCUT2D eigenvalue weighted by atomic mass is 19.4. The summed E-state index contributed by atoms with van der Waals surface area (Å²) in [6.45, 7) is 2.49. The van der Waals surface area contributed by atoms with Crippen LogP contribution in [0.4, 0.5) is 13.2 Å². The summed E-state index contributed by atoms with van der Waals surface area (Å²) in [5, 5.41) is 7.18. The fourth-order valence-electron chi connectivity index (χ4n) is 3.59. The highest BCUT2D eigenvalue weighted by molar-refractivity contribution is 5.95. The predicted octanol–water partition coefficient (Wildman–Crippen LogP) is 5.05. The Labute approximate surface area is 172 Å². The van der Waals surface area contributed by atoms with Crippen LogP contribution in [0.1, 0.15) is 51.5 Å². The number of amides is 1. The largest absolute Gasteiger partial charge is 0.416 e. The number of carbonyl (C=O) groups is 1. The summed E-state index contributed by atoms with van der Waals surface area (Å²) >= 11 is 0. The van der Waals surface area contributed by atoms with Crippen LogP contribution in [0.3, 0.4) is 0 Å². The molecular weight excluding hydrogens is 391 g/mol. The van der Waals surface area contributed by atoms with Crippen LogP contribution in [0.2, 0.25) is 0 Å². The van der Waals surface area contributed by atoms with E-state index in [4.69, 9.17) is 0 Å². The molecule has 0 spiro atoms. The number of aromatic nitrogens is 2. The molecule has 1 aliphatic rings. The topological polar surface area (TPSA) is 46.9 Å². The van der Waals surface area contributed by atoms with Gasteiger partial charge in [-0.25, -0.2) is 4.68 Å². The molecule has 0 saturated heterocycles. The summed E-state index contributed by atoms with van der Waals surface area (Å²) in [5.74, 6) is -0.109. The molecule has 156 valence electrons. The van der Waals surface area contributed by atoms with E-state index in [1.165, 1.54) is 16.9 Å². The molecule has 1 saturated carbocycles. The minimum atomic E-state index is -4.43. The highest BCUT2D eigenvalue weighted by Gasteiger charge is 2.34. The van der Waals surface area contributed by atoms with Crippen molar-refractivity contribution < 1.29 is 18.0 Å². The number of halogens is 3. The van der Waals surface area contributed by atoms with Crippen LogP contribution < -0.4 is 5.32 Å². The van der Waals surface area contributed by atoms with Gasteiger partial charge in [-0.15, -0.1) is 0 Å². The Morgan fingerprint density at radius 2 is 1.93 bits per heavy atom. The van der Waals surface area contributed by atoms with Crippen molar-refractivity contribution in [2.45, 2.75) is 38.3 Å². The van der Waals surface area contributed by atoms with Gasteiger partial charge in [-0.1, -0.05) is 35.9 Å². The lowest BCUT2D eigenvalue weighted by Crippen LogP contribution is -2.26. The first-order chi connectivity index (χ1) is 14.3. The van der Waals surface area contributed by atoms with Crippen LogP contribution >= 0.6 is 0 Å². The Bertz CT molecular complexity index is 1070. The van der Waals surface area contributed by atoms with Crippen molar-refractivity contribution in [1.82, 2.24) is 15.1 Å². The van der Waals surface area contributed by atoms with Crippen LogP contribution in [-0.2, 0) is 12.6 Å². The zero-order valence-electron chi connectivity index (χ0n) is 16.5. The van der Waals surface area contributed by atoms with E-state index in [1.54, 1.807) is 6.07 Å². The van der Waals surface area contributed by atoms with E-state index >= 15 is 0 Å². The number of rotatable bonds is 6. The lowest BCUT2D eigenvalue weighted by Gasteiger charge is -2.12. The van der Waals surface area contributed by atoms with E-state index < -0.39 is 11.7 Å². The van der Waals surface area contributed by atoms with Gasteiger partial charge in [0, 0.05) is 12.5 Å². The minimum Gasteiger partial charge on any atom is -0.352 e. The summed E-state index contributed by atoms with van der Waals surface area (Å²) < 4.78 is 40.8. The highest BCUT2D eigenvalue weighted by Crippen LogP contribution is 2.42. The SMILES string of the molecule is Cc1cccc(CCNC(=O)c2cnn(-c3cccc(C(F)(F)F)c3)c2C2CC2)c1. The van der Waals surface area contributed by atoms with Crippen molar-refractivity contribution in [2.24, 2.45) is 0 Å². The van der Waals surface area contributed by atoms with Gasteiger partial charge in [-0.2, -0.15) is 18.3 Å². The quantitative estimate of drug-likeness (QED) is 0.615. The fraction of sp³-hybridized carbons (Fsp3) is 0.304. The lowest BCUT2D eigenvalue weighted by molar-refractivity contribution is -0.137. The maximum absolute atomic E-state index is 13.1. The first-order valence-electron chi connectivity index (χ1n) is 9.92. The molecule has 1 aliphatic carbocycles. The molecule has 0 atom stereocenters. The first kappa shape index (κ1) is 20.2. The standard InChI is InChI=1S/C23H22F3N3O/c1-15-4-2-5-16(12-15)10-11-27-22(30)20-14-28-29(21(20)17-8-9-17)19-7-3-6-18(13-19)23(24,25)26/h2-7,12-14,17H,8-11H2,1H3,(H,27,30). The van der Waals surface area contributed by atoms with Crippen molar-refractivity contribution in [3.63, 3.8) is 0 Å². The molecule has 4 nitrogen and oxygen atoms in total. The molecule has 1 N–H and O–H groups in total. The Hall–Kier alpha value is -3.09. The molecule has 2 aromatic carbocycles. The second-order valence-electron chi connectivity index (χ2n) is 7.67. The van der Waals surface area contributed by atoms with Gasteiger partial charge in [0.1, 0.15) is 0 Å². The third-order valence-electron chi connectivity index (χ3n) is 5.21. The number of hydrogen-bond acceptors (Lipinski definition) is 2. The molecule has 1 heterocycles. The van der Waals surface area contributed by atoms with Gasteiger partial charge in [0.2, 0.25) is 0 Å². The Morgan fingerprint density at radius 1 is 1.17 bits per heavy atom. The second kappa shape index (κ2) is 7.97. The van der Waals surface area contributed by atoms with Crippen molar-refractivity contribution in [3.05, 3.63) is 82.7 Å². The smallest absolute Gasteiger partial charge is 0.352 e. The molecule has 0 aliphatic heterocycles. The average molecular weight is 413 g/mol. The van der Waals surface area contributed by atoms with E-state index in [0.717, 1.165) is 36.1 Å². The number of nitrogens with zero attached hydrogens (tertiary/aromatic N) is 2. The van der Waals surface area contributed by atoms with Gasteiger partial charge in [0.15, 0.2) is 0 Å². The van der Waals surface area contributed by atoms with Crippen LogP contribution in [0.15, 0.2) is 54.7 Å². The Morgan fingerprint density at radius 3 is 2.63 bits per heavy atom. The number of nitrogens with one attached hydrogen (secondary N) is 1. The summed E-state index contributed by atoms with van der Waals surface area (Å²) in [6, 6.07) is 13.1. The molecule has 4 rings (SSSR count). The fourth-order valence-corrected chi connectivity index (χ4v) is 3.59. The second-order valence-corrected chi connectivity index (χ2v) is 7.67. The molecule has 1 fully saturated rings. The van der Waals surface area contributed by atoms with Gasteiger partial charge >= 0.3 is 6.18 Å². The van der Waals surface area contributed by atoms with E-state index in [2.05, 4.69) is 16.5 Å². The molecular formula is C23H22F3N3O. The predicted molar refractivity (Wildman–Crippen MR) is 108 cm³/mol. The number of benzene rings is 2. The molecule has 1 amide bonds. The third kappa shape index (κ3) is 4.40. The third-order valence-corrected chi connectivity index (χ3v) is 5.21. The maximum atomic E-state index is 13.1. The number of carbonyl (C=O) groups excluding carboxylic acids is 1. The molecule has 0 radical (unpaired) electrons. The van der Waals surface area contributed by atoms with Crippen molar-refractivity contribution in [3.8, 4) is 5.69 Å². The van der Waals surface area contributed by atoms with Gasteiger partial charge in [0.05, 0.1) is 28.7 Å². The van der Waals surface area contributed by atoms with E-state index in [1.807, 2.05) is 25.1 Å². The van der Waals surface area contributed by atoms with Crippen molar-refractivity contribution in [1.29, 1.82) is 0 Å². The van der Waals surface area contributed by atoms with Gasteiger partial charge in [-0.3, -0.25) is 4.79 Å².